The van der Waals surface area contributed by atoms with Gasteiger partial charge in [0.1, 0.15) is 11.9 Å². The Morgan fingerprint density at radius 2 is 1.97 bits per heavy atom. The van der Waals surface area contributed by atoms with E-state index in [0.717, 1.165) is 23.4 Å². The second-order valence-electron chi connectivity index (χ2n) is 8.49. The van der Waals surface area contributed by atoms with Gasteiger partial charge in [-0.1, -0.05) is 12.1 Å². The fourth-order valence-electron chi connectivity index (χ4n) is 4.27. The van der Waals surface area contributed by atoms with Gasteiger partial charge in [0.2, 0.25) is 0 Å². The van der Waals surface area contributed by atoms with Crippen LogP contribution in [0.1, 0.15) is 41.9 Å². The van der Waals surface area contributed by atoms with E-state index in [-0.39, 0.29) is 11.7 Å². The van der Waals surface area contributed by atoms with E-state index in [1.165, 1.54) is 13.0 Å². The first-order chi connectivity index (χ1) is 16.1. The number of methoxy groups -OCH3 is 1. The molecule has 34 heavy (non-hydrogen) atoms. The van der Waals surface area contributed by atoms with E-state index in [9.17, 15) is 13.2 Å². The van der Waals surface area contributed by atoms with Crippen LogP contribution >= 0.6 is 0 Å². The molecule has 0 aliphatic carbocycles. The highest BCUT2D eigenvalue weighted by molar-refractivity contribution is 5.82. The Morgan fingerprint density at radius 1 is 1.21 bits per heavy atom. The maximum Gasteiger partial charge on any atom is 0.416 e. The number of halogens is 3. The van der Waals surface area contributed by atoms with E-state index >= 15 is 0 Å². The van der Waals surface area contributed by atoms with Crippen molar-refractivity contribution in [1.82, 2.24) is 9.55 Å². The molecule has 2 heterocycles. The fraction of sp³-hybridized carbons (Fsp3) is 0.440. The maximum atomic E-state index is 13.4. The third-order valence-corrected chi connectivity index (χ3v) is 6.27. The van der Waals surface area contributed by atoms with E-state index in [4.69, 9.17) is 19.2 Å². The Hall–Kier alpha value is -3.07. The molecule has 1 unspecified atom stereocenters. The van der Waals surface area contributed by atoms with Crippen LogP contribution in [0.15, 0.2) is 35.3 Å². The molecule has 0 bridgehead atoms. The van der Waals surface area contributed by atoms with Crippen LogP contribution in [0.4, 0.5) is 13.2 Å². The number of alkyl halides is 3. The monoisotopic (exact) mass is 475 g/mol. The second-order valence-corrected chi connectivity index (χ2v) is 8.49. The summed E-state index contributed by atoms with van der Waals surface area (Å²) in [7, 11) is 3.47. The molecule has 2 aromatic carbocycles. The van der Waals surface area contributed by atoms with Gasteiger partial charge < -0.3 is 18.8 Å². The SMILES string of the molecule is COc1cc2c(cc1OC1CCOC1)/c(=N/[C@H](C)c1cccc(C(F)(F)F)c1C)nc(C)n2C. The predicted octanol–water partition coefficient (Wildman–Crippen LogP) is 5.05. The van der Waals surface area contributed by atoms with Crippen molar-refractivity contribution in [2.75, 3.05) is 20.3 Å². The number of fused-ring (bicyclic) bond motifs is 1. The molecule has 1 aliphatic heterocycles. The van der Waals surface area contributed by atoms with Crippen molar-refractivity contribution in [3.05, 3.63) is 58.3 Å². The highest BCUT2D eigenvalue weighted by Crippen LogP contribution is 2.36. The highest BCUT2D eigenvalue weighted by atomic mass is 19.4. The molecular formula is C25H28F3N3O3. The summed E-state index contributed by atoms with van der Waals surface area (Å²) < 4.78 is 59.3. The minimum absolute atomic E-state index is 0.0782. The van der Waals surface area contributed by atoms with E-state index < -0.39 is 17.8 Å². The molecule has 3 aromatic rings. The van der Waals surface area contributed by atoms with Crippen LogP contribution in [0.5, 0.6) is 11.5 Å². The largest absolute Gasteiger partial charge is 0.493 e. The lowest BCUT2D eigenvalue weighted by molar-refractivity contribution is -0.138. The molecule has 0 radical (unpaired) electrons. The number of ether oxygens (including phenoxy) is 3. The van der Waals surface area contributed by atoms with Crippen LogP contribution in [-0.4, -0.2) is 36.0 Å². The van der Waals surface area contributed by atoms with Gasteiger partial charge in [0.15, 0.2) is 17.0 Å². The summed E-state index contributed by atoms with van der Waals surface area (Å²) in [5, 5.41) is 0.722. The minimum atomic E-state index is -4.42. The fourth-order valence-corrected chi connectivity index (χ4v) is 4.27. The van der Waals surface area contributed by atoms with Gasteiger partial charge in [0.25, 0.3) is 0 Å². The summed E-state index contributed by atoms with van der Waals surface area (Å²) in [5.74, 6) is 1.84. The Bertz CT molecular complexity index is 1280. The lowest BCUT2D eigenvalue weighted by atomic mass is 9.97. The molecule has 6 nitrogen and oxygen atoms in total. The predicted molar refractivity (Wildman–Crippen MR) is 122 cm³/mol. The summed E-state index contributed by atoms with van der Waals surface area (Å²) in [6.07, 6.45) is -3.72. The molecule has 9 heteroatoms. The summed E-state index contributed by atoms with van der Waals surface area (Å²) in [6, 6.07) is 7.35. The molecule has 0 N–H and O–H groups in total. The van der Waals surface area contributed by atoms with Gasteiger partial charge in [-0.2, -0.15) is 13.2 Å². The van der Waals surface area contributed by atoms with Crippen molar-refractivity contribution >= 4 is 10.9 Å². The molecule has 0 spiro atoms. The zero-order chi connectivity index (χ0) is 24.6. The standard InChI is InChI=1S/C25H28F3N3O3/c1-14-18(7-6-8-20(14)25(26,27)28)15(2)29-24-19-11-23(34-17-9-10-33-13-17)22(32-5)12-21(19)31(4)16(3)30-24/h6-8,11-12,15,17H,9-10,13H2,1-5H3/b29-24-/t15-,17?/m1/s1. The van der Waals surface area contributed by atoms with Crippen LogP contribution in [0.2, 0.25) is 0 Å². The molecule has 1 aliphatic rings. The lowest BCUT2D eigenvalue weighted by Gasteiger charge is -2.18. The summed E-state index contributed by atoms with van der Waals surface area (Å²) >= 11 is 0. The first-order valence-electron chi connectivity index (χ1n) is 11.1. The number of aromatic nitrogens is 2. The van der Waals surface area contributed by atoms with Gasteiger partial charge in [-0.3, -0.25) is 4.99 Å². The number of hydrogen-bond acceptors (Lipinski definition) is 5. The zero-order valence-electron chi connectivity index (χ0n) is 19.9. The zero-order valence-corrected chi connectivity index (χ0v) is 19.9. The van der Waals surface area contributed by atoms with Gasteiger partial charge in [0, 0.05) is 24.9 Å². The Morgan fingerprint density at radius 3 is 2.62 bits per heavy atom. The van der Waals surface area contributed by atoms with E-state index in [2.05, 4.69) is 4.98 Å². The van der Waals surface area contributed by atoms with Gasteiger partial charge in [-0.25, -0.2) is 4.98 Å². The molecule has 1 saturated heterocycles. The molecule has 1 fully saturated rings. The first-order valence-corrected chi connectivity index (χ1v) is 11.1. The van der Waals surface area contributed by atoms with E-state index in [1.807, 2.05) is 30.7 Å². The minimum Gasteiger partial charge on any atom is -0.493 e. The number of hydrogen-bond donors (Lipinski definition) is 0. The third kappa shape index (κ3) is 4.61. The summed E-state index contributed by atoms with van der Waals surface area (Å²) in [6.45, 7) is 6.25. The highest BCUT2D eigenvalue weighted by Gasteiger charge is 2.33. The Kier molecular flexibility index (Phi) is 6.58. The van der Waals surface area contributed by atoms with Gasteiger partial charge in [0.05, 0.1) is 37.4 Å². The van der Waals surface area contributed by atoms with Crippen molar-refractivity contribution in [3.63, 3.8) is 0 Å². The molecule has 2 atom stereocenters. The lowest BCUT2D eigenvalue weighted by Crippen LogP contribution is -2.20. The summed E-state index contributed by atoms with van der Waals surface area (Å²) in [5.41, 5.74) is 1.28. The first kappa shape index (κ1) is 24.1. The Labute approximate surface area is 196 Å². The molecule has 4 rings (SSSR count). The average Bonchev–Trinajstić information content (AvgIpc) is 3.29. The summed E-state index contributed by atoms with van der Waals surface area (Å²) in [4.78, 5) is 9.41. The number of rotatable bonds is 5. The van der Waals surface area contributed by atoms with Gasteiger partial charge in [-0.05, 0) is 44.0 Å². The van der Waals surface area contributed by atoms with Crippen LogP contribution in [0.25, 0.3) is 10.9 Å². The van der Waals surface area contributed by atoms with E-state index in [0.29, 0.717) is 41.6 Å². The molecule has 1 aromatic heterocycles. The van der Waals surface area contributed by atoms with Crippen molar-refractivity contribution in [2.24, 2.45) is 12.0 Å². The van der Waals surface area contributed by atoms with E-state index in [1.54, 1.807) is 20.1 Å². The van der Waals surface area contributed by atoms with Crippen LogP contribution < -0.4 is 15.0 Å². The smallest absolute Gasteiger partial charge is 0.416 e. The molecule has 0 amide bonds. The topological polar surface area (TPSA) is 57.9 Å². The van der Waals surface area contributed by atoms with Crippen LogP contribution in [0, 0.1) is 13.8 Å². The van der Waals surface area contributed by atoms with Crippen LogP contribution in [0.3, 0.4) is 0 Å². The van der Waals surface area contributed by atoms with Crippen LogP contribution in [-0.2, 0) is 18.0 Å². The van der Waals surface area contributed by atoms with Gasteiger partial charge in [-0.15, -0.1) is 0 Å². The number of benzene rings is 2. The maximum absolute atomic E-state index is 13.4. The van der Waals surface area contributed by atoms with Crippen molar-refractivity contribution < 1.29 is 27.4 Å². The average molecular weight is 476 g/mol. The normalized spacial score (nSPS) is 17.9. The number of nitrogens with zero attached hydrogens (tertiary/aromatic N) is 3. The molecule has 182 valence electrons. The second kappa shape index (κ2) is 9.29. The third-order valence-electron chi connectivity index (χ3n) is 6.27. The Balaban J connectivity index is 1.87. The van der Waals surface area contributed by atoms with Crippen molar-refractivity contribution in [1.29, 1.82) is 0 Å². The van der Waals surface area contributed by atoms with Crippen molar-refractivity contribution in [3.8, 4) is 11.5 Å². The van der Waals surface area contributed by atoms with Gasteiger partial charge >= 0.3 is 6.18 Å². The number of aryl methyl sites for hydroxylation is 2. The molecule has 0 saturated carbocycles. The van der Waals surface area contributed by atoms with Crippen molar-refractivity contribution in [2.45, 2.75) is 45.5 Å². The molecular weight excluding hydrogens is 447 g/mol. The quantitative estimate of drug-likeness (QED) is 0.518.